The first-order valence-electron chi connectivity index (χ1n) is 9.86. The molecule has 4 nitrogen and oxygen atoms in total. The van der Waals surface area contributed by atoms with Crippen LogP contribution in [0.4, 0.5) is 0 Å². The van der Waals surface area contributed by atoms with Gasteiger partial charge in [-0.2, -0.15) is 0 Å². The summed E-state index contributed by atoms with van der Waals surface area (Å²) in [5.41, 5.74) is 0.602. The van der Waals surface area contributed by atoms with E-state index in [1.165, 1.54) is 49.7 Å². The topological polar surface area (TPSA) is 35.5 Å². The molecule has 138 valence electrons. The predicted molar refractivity (Wildman–Crippen MR) is 98.8 cm³/mol. The molecule has 2 heterocycles. The number of hydrogen-bond donors (Lipinski definition) is 0. The van der Waals surface area contributed by atoms with Crippen LogP contribution in [0.25, 0.3) is 0 Å². The Morgan fingerprint density at radius 2 is 1.88 bits per heavy atom. The minimum Gasteiger partial charge on any atom is -0.494 e. The van der Waals surface area contributed by atoms with E-state index in [4.69, 9.17) is 9.47 Å². The van der Waals surface area contributed by atoms with Crippen molar-refractivity contribution in [1.29, 1.82) is 0 Å². The van der Waals surface area contributed by atoms with Crippen LogP contribution in [0.1, 0.15) is 55.8 Å². The van der Waals surface area contributed by atoms with E-state index in [2.05, 4.69) is 7.05 Å². The number of carbonyl (C=O) groups excluding carboxylic acids is 1. The zero-order chi connectivity index (χ0) is 17.7. The SMILES string of the molecule is CCOc1ccc(C(=O)OCC[C@@H]2CCC[N+]3(C)CCCC[C@H]23)cc1. The first kappa shape index (κ1) is 18.2. The van der Waals surface area contributed by atoms with Crippen molar-refractivity contribution in [2.24, 2.45) is 5.92 Å². The monoisotopic (exact) mass is 346 g/mol. The van der Waals surface area contributed by atoms with Gasteiger partial charge >= 0.3 is 5.97 Å². The quantitative estimate of drug-likeness (QED) is 0.576. The molecular formula is C21H32NO3+. The molecule has 0 radical (unpaired) electrons. The number of nitrogens with zero attached hydrogens (tertiary/aromatic N) is 1. The number of ether oxygens (including phenoxy) is 2. The Kier molecular flexibility index (Phi) is 6.00. The fourth-order valence-corrected chi connectivity index (χ4v) is 4.81. The van der Waals surface area contributed by atoms with E-state index in [0.29, 0.717) is 24.7 Å². The first-order chi connectivity index (χ1) is 12.1. The smallest absolute Gasteiger partial charge is 0.338 e. The van der Waals surface area contributed by atoms with Crippen molar-refractivity contribution in [3.05, 3.63) is 29.8 Å². The molecule has 25 heavy (non-hydrogen) atoms. The Bertz CT molecular complexity index is 567. The zero-order valence-electron chi connectivity index (χ0n) is 15.7. The molecule has 3 atom stereocenters. The van der Waals surface area contributed by atoms with Crippen LogP contribution < -0.4 is 4.74 Å². The van der Waals surface area contributed by atoms with Crippen LogP contribution in [-0.4, -0.2) is 49.8 Å². The Morgan fingerprint density at radius 1 is 1.12 bits per heavy atom. The fourth-order valence-electron chi connectivity index (χ4n) is 4.81. The lowest BCUT2D eigenvalue weighted by Crippen LogP contribution is -2.60. The van der Waals surface area contributed by atoms with Crippen LogP contribution in [0.3, 0.4) is 0 Å². The summed E-state index contributed by atoms with van der Waals surface area (Å²) in [7, 11) is 2.43. The number of fused-ring (bicyclic) bond motifs is 1. The zero-order valence-corrected chi connectivity index (χ0v) is 15.7. The summed E-state index contributed by atoms with van der Waals surface area (Å²) in [6.45, 7) is 5.76. The predicted octanol–water partition coefficient (Wildman–Crippen LogP) is 4.04. The lowest BCUT2D eigenvalue weighted by Gasteiger charge is -2.51. The molecule has 1 aromatic carbocycles. The number of benzene rings is 1. The van der Waals surface area contributed by atoms with E-state index in [1.807, 2.05) is 19.1 Å². The van der Waals surface area contributed by atoms with Gasteiger partial charge in [-0.15, -0.1) is 0 Å². The molecule has 2 aliphatic heterocycles. The van der Waals surface area contributed by atoms with E-state index >= 15 is 0 Å². The second-order valence-electron chi connectivity index (χ2n) is 7.77. The van der Waals surface area contributed by atoms with Crippen LogP contribution in [0.15, 0.2) is 24.3 Å². The third-order valence-corrected chi connectivity index (χ3v) is 6.13. The lowest BCUT2D eigenvalue weighted by atomic mass is 9.80. The van der Waals surface area contributed by atoms with Crippen LogP contribution >= 0.6 is 0 Å². The molecule has 3 rings (SSSR count). The lowest BCUT2D eigenvalue weighted by molar-refractivity contribution is -0.947. The van der Waals surface area contributed by atoms with Crippen molar-refractivity contribution in [3.8, 4) is 5.75 Å². The van der Waals surface area contributed by atoms with Crippen molar-refractivity contribution in [2.75, 3.05) is 33.4 Å². The molecule has 0 bridgehead atoms. The summed E-state index contributed by atoms with van der Waals surface area (Å²) in [5.74, 6) is 1.27. The molecule has 0 aliphatic carbocycles. The molecule has 0 N–H and O–H groups in total. The summed E-state index contributed by atoms with van der Waals surface area (Å²) in [6.07, 6.45) is 7.67. The van der Waals surface area contributed by atoms with Crippen molar-refractivity contribution >= 4 is 5.97 Å². The van der Waals surface area contributed by atoms with E-state index in [0.717, 1.165) is 18.2 Å². The van der Waals surface area contributed by atoms with Gasteiger partial charge in [0.2, 0.25) is 0 Å². The van der Waals surface area contributed by atoms with Gasteiger partial charge in [-0.05, 0) is 69.7 Å². The molecular weight excluding hydrogens is 314 g/mol. The third kappa shape index (κ3) is 4.35. The Labute approximate surface area is 151 Å². The van der Waals surface area contributed by atoms with Crippen LogP contribution in [0.5, 0.6) is 5.75 Å². The number of esters is 1. The second kappa shape index (κ2) is 8.22. The minimum atomic E-state index is -0.222. The summed E-state index contributed by atoms with van der Waals surface area (Å²) < 4.78 is 12.2. The van der Waals surface area contributed by atoms with Gasteiger partial charge in [0, 0.05) is 5.92 Å². The molecule has 2 saturated heterocycles. The number of quaternary nitrogens is 1. The average Bonchev–Trinajstić information content (AvgIpc) is 2.62. The van der Waals surface area contributed by atoms with Gasteiger partial charge < -0.3 is 14.0 Å². The highest BCUT2D eigenvalue weighted by atomic mass is 16.5. The summed E-state index contributed by atoms with van der Waals surface area (Å²) in [5, 5.41) is 0. The number of hydrogen-bond acceptors (Lipinski definition) is 3. The van der Waals surface area contributed by atoms with Gasteiger partial charge in [0.25, 0.3) is 0 Å². The summed E-state index contributed by atoms with van der Waals surface area (Å²) in [6, 6.07) is 7.98. The number of carbonyl (C=O) groups is 1. The third-order valence-electron chi connectivity index (χ3n) is 6.13. The standard InChI is InChI=1S/C21H32NO3/c1-3-24-19-11-9-18(10-12-19)21(23)25-16-13-17-7-6-15-22(2)14-5-4-8-20(17)22/h9-12,17,20H,3-8,13-16H2,1-2H3/q+1/t17-,20+,22?/m0/s1. The molecule has 0 aromatic heterocycles. The Balaban J connectivity index is 1.49. The molecule has 0 spiro atoms. The molecule has 1 unspecified atom stereocenters. The first-order valence-corrected chi connectivity index (χ1v) is 9.86. The van der Waals surface area contributed by atoms with Gasteiger partial charge in [0.1, 0.15) is 5.75 Å². The van der Waals surface area contributed by atoms with E-state index in [1.54, 1.807) is 12.1 Å². The molecule has 4 heteroatoms. The van der Waals surface area contributed by atoms with Gasteiger partial charge in [-0.25, -0.2) is 4.79 Å². The van der Waals surface area contributed by atoms with Crippen molar-refractivity contribution < 1.29 is 18.8 Å². The largest absolute Gasteiger partial charge is 0.494 e. The van der Waals surface area contributed by atoms with E-state index in [-0.39, 0.29) is 5.97 Å². The molecule has 0 amide bonds. The molecule has 0 saturated carbocycles. The maximum Gasteiger partial charge on any atom is 0.338 e. The maximum absolute atomic E-state index is 12.2. The van der Waals surface area contributed by atoms with Gasteiger partial charge in [-0.1, -0.05) is 0 Å². The van der Waals surface area contributed by atoms with Gasteiger partial charge in [0.15, 0.2) is 0 Å². The second-order valence-corrected chi connectivity index (χ2v) is 7.77. The van der Waals surface area contributed by atoms with Crippen LogP contribution in [0.2, 0.25) is 0 Å². The van der Waals surface area contributed by atoms with Gasteiger partial charge in [-0.3, -0.25) is 0 Å². The summed E-state index contributed by atoms with van der Waals surface area (Å²) >= 11 is 0. The Hall–Kier alpha value is -1.55. The number of piperidine rings is 2. The van der Waals surface area contributed by atoms with E-state index in [9.17, 15) is 4.79 Å². The highest BCUT2D eigenvalue weighted by molar-refractivity contribution is 5.89. The van der Waals surface area contributed by atoms with Crippen molar-refractivity contribution in [3.63, 3.8) is 0 Å². The molecule has 2 aliphatic rings. The van der Waals surface area contributed by atoms with Crippen LogP contribution in [-0.2, 0) is 4.74 Å². The highest BCUT2D eigenvalue weighted by Crippen LogP contribution is 2.37. The molecule has 1 aromatic rings. The van der Waals surface area contributed by atoms with E-state index < -0.39 is 0 Å². The van der Waals surface area contributed by atoms with Crippen molar-refractivity contribution in [2.45, 2.75) is 51.5 Å². The Morgan fingerprint density at radius 3 is 2.64 bits per heavy atom. The minimum absolute atomic E-state index is 0.222. The fraction of sp³-hybridized carbons (Fsp3) is 0.667. The van der Waals surface area contributed by atoms with Gasteiger partial charge in [0.05, 0.1) is 45.0 Å². The number of rotatable bonds is 6. The van der Waals surface area contributed by atoms with Crippen LogP contribution in [0, 0.1) is 5.92 Å². The highest BCUT2D eigenvalue weighted by Gasteiger charge is 2.43. The molecule has 2 fully saturated rings. The summed E-state index contributed by atoms with van der Waals surface area (Å²) in [4.78, 5) is 12.2. The average molecular weight is 346 g/mol. The normalized spacial score (nSPS) is 28.9. The maximum atomic E-state index is 12.2. The van der Waals surface area contributed by atoms with Crippen molar-refractivity contribution in [1.82, 2.24) is 0 Å².